The molecule has 1 aliphatic heterocycles. The molecule has 2 rings (SSSR count). The maximum Gasteiger partial charge on any atom is 0.321 e. The molecule has 2 N–H and O–H groups in total. The molecule has 1 saturated heterocycles. The van der Waals surface area contributed by atoms with Crippen molar-refractivity contribution in [1.29, 1.82) is 0 Å². The lowest BCUT2D eigenvalue weighted by Gasteiger charge is -2.36. The summed E-state index contributed by atoms with van der Waals surface area (Å²) >= 11 is 1.19. The molecule has 8 nitrogen and oxygen atoms in total. The highest BCUT2D eigenvalue weighted by atomic mass is 32.2. The minimum atomic E-state index is -3.47. The van der Waals surface area contributed by atoms with E-state index in [2.05, 4.69) is 10.6 Å². The van der Waals surface area contributed by atoms with E-state index in [4.69, 9.17) is 0 Å². The molecule has 1 aliphatic rings. The highest BCUT2D eigenvalue weighted by Gasteiger charge is 2.32. The largest absolute Gasteiger partial charge is 0.333 e. The van der Waals surface area contributed by atoms with Crippen LogP contribution in [0.3, 0.4) is 0 Å². The van der Waals surface area contributed by atoms with Gasteiger partial charge in [0.2, 0.25) is 5.91 Å². The molecule has 1 aromatic rings. The van der Waals surface area contributed by atoms with E-state index in [0.717, 1.165) is 0 Å². The van der Waals surface area contributed by atoms with Gasteiger partial charge in [-0.2, -0.15) is 4.31 Å². The number of thiophene rings is 1. The summed E-state index contributed by atoms with van der Waals surface area (Å²) in [5.74, 6) is -0.402. The van der Waals surface area contributed by atoms with Gasteiger partial charge in [-0.1, -0.05) is 6.07 Å². The Balaban J connectivity index is 1.89. The summed E-state index contributed by atoms with van der Waals surface area (Å²) in [7, 11) is -3.47. The molecule has 1 fully saturated rings. The Hall–Kier alpha value is -1.49. The third-order valence-electron chi connectivity index (χ3n) is 4.01. The zero-order valence-electron chi connectivity index (χ0n) is 15.5. The van der Waals surface area contributed by atoms with Crippen molar-refractivity contribution in [3.8, 4) is 0 Å². The summed E-state index contributed by atoms with van der Waals surface area (Å²) in [6.07, 6.45) is 0. The van der Waals surface area contributed by atoms with Crippen molar-refractivity contribution in [2.24, 2.45) is 0 Å². The van der Waals surface area contributed by atoms with E-state index in [9.17, 15) is 18.0 Å². The normalized spacial score (nSPS) is 18.3. The van der Waals surface area contributed by atoms with Gasteiger partial charge >= 0.3 is 6.03 Å². The van der Waals surface area contributed by atoms with E-state index in [1.54, 1.807) is 24.4 Å². The molecule has 0 bridgehead atoms. The molecule has 0 aliphatic carbocycles. The third-order valence-corrected chi connectivity index (χ3v) is 7.29. The molecular formula is C16H26N4O4S2. The van der Waals surface area contributed by atoms with Crippen LogP contribution in [0.5, 0.6) is 0 Å². The number of hydrogen-bond acceptors (Lipinski definition) is 6. The summed E-state index contributed by atoms with van der Waals surface area (Å²) in [6.45, 7) is 8.68. The second-order valence-electron chi connectivity index (χ2n) is 7.24. The average Bonchev–Trinajstić information content (AvgIpc) is 3.07. The molecule has 0 aromatic carbocycles. The van der Waals surface area contributed by atoms with E-state index < -0.39 is 33.5 Å². The zero-order chi connectivity index (χ0) is 19.5. The van der Waals surface area contributed by atoms with Crippen molar-refractivity contribution >= 4 is 33.3 Å². The molecule has 0 unspecified atom stereocenters. The molecule has 146 valence electrons. The smallest absolute Gasteiger partial charge is 0.321 e. The van der Waals surface area contributed by atoms with Gasteiger partial charge in [0.15, 0.2) is 0 Å². The van der Waals surface area contributed by atoms with Gasteiger partial charge in [0, 0.05) is 31.7 Å². The van der Waals surface area contributed by atoms with Gasteiger partial charge in [-0.05, 0) is 39.1 Å². The molecule has 10 heteroatoms. The highest BCUT2D eigenvalue weighted by molar-refractivity contribution is 7.91. The summed E-state index contributed by atoms with van der Waals surface area (Å²) in [4.78, 5) is 26.0. The maximum atomic E-state index is 12.5. The number of amides is 3. The van der Waals surface area contributed by atoms with Crippen LogP contribution in [-0.2, 0) is 14.8 Å². The van der Waals surface area contributed by atoms with Crippen LogP contribution in [0.15, 0.2) is 21.7 Å². The lowest BCUT2D eigenvalue weighted by atomic mass is 10.1. The maximum absolute atomic E-state index is 12.5. The number of nitrogens with zero attached hydrogens (tertiary/aromatic N) is 2. The fourth-order valence-corrected chi connectivity index (χ4v) is 5.19. The van der Waals surface area contributed by atoms with Crippen molar-refractivity contribution in [3.63, 3.8) is 0 Å². The van der Waals surface area contributed by atoms with Crippen LogP contribution in [0.25, 0.3) is 0 Å². The van der Waals surface area contributed by atoms with Gasteiger partial charge in [-0.25, -0.2) is 13.2 Å². The number of rotatable bonds is 4. The fourth-order valence-electron chi connectivity index (χ4n) is 2.62. The summed E-state index contributed by atoms with van der Waals surface area (Å²) in [5.41, 5.74) is -0.435. The van der Waals surface area contributed by atoms with Gasteiger partial charge < -0.3 is 5.32 Å². The first-order valence-corrected chi connectivity index (χ1v) is 10.7. The Kier molecular flexibility index (Phi) is 6.43. The number of carbonyl (C=O) groups is 2. The van der Waals surface area contributed by atoms with Crippen LogP contribution in [-0.4, -0.2) is 67.3 Å². The second kappa shape index (κ2) is 8.03. The van der Waals surface area contributed by atoms with Crippen LogP contribution in [0.1, 0.15) is 27.7 Å². The lowest BCUT2D eigenvalue weighted by Crippen LogP contribution is -2.57. The van der Waals surface area contributed by atoms with E-state index in [0.29, 0.717) is 30.4 Å². The number of urea groups is 1. The van der Waals surface area contributed by atoms with E-state index >= 15 is 0 Å². The summed E-state index contributed by atoms with van der Waals surface area (Å²) < 4.78 is 26.8. The first-order chi connectivity index (χ1) is 12.0. The second-order valence-corrected chi connectivity index (χ2v) is 10.4. The van der Waals surface area contributed by atoms with Gasteiger partial charge in [0.05, 0.1) is 6.04 Å². The molecule has 2 heterocycles. The van der Waals surface area contributed by atoms with Crippen LogP contribution in [0.4, 0.5) is 4.79 Å². The SMILES string of the molecule is C[C@@H](C(=O)NC(=O)NC(C)(C)C)N1CCN(S(=O)(=O)c2cccs2)CC1. The molecule has 1 aromatic heterocycles. The van der Waals surface area contributed by atoms with Crippen molar-refractivity contribution in [3.05, 3.63) is 17.5 Å². The number of nitrogens with one attached hydrogen (secondary N) is 2. The Morgan fingerprint density at radius 1 is 1.19 bits per heavy atom. The van der Waals surface area contributed by atoms with E-state index in [1.807, 2.05) is 25.7 Å². The van der Waals surface area contributed by atoms with Crippen LogP contribution < -0.4 is 10.6 Å². The zero-order valence-corrected chi connectivity index (χ0v) is 17.1. The number of piperazine rings is 1. The summed E-state index contributed by atoms with van der Waals surface area (Å²) in [5, 5.41) is 6.75. The molecule has 0 saturated carbocycles. The standard InChI is InChI=1S/C16H26N4O4S2/c1-12(14(21)17-15(22)18-16(2,3)4)19-7-9-20(10-8-19)26(23,24)13-6-5-11-25-13/h5-6,11-12H,7-10H2,1-4H3,(H2,17,18,21,22)/t12-/m0/s1. The van der Waals surface area contributed by atoms with Crippen molar-refractivity contribution < 1.29 is 18.0 Å². The molecule has 3 amide bonds. The van der Waals surface area contributed by atoms with Crippen molar-refractivity contribution in [2.45, 2.75) is 43.5 Å². The summed E-state index contributed by atoms with van der Waals surface area (Å²) in [6, 6.07) is 2.25. The highest BCUT2D eigenvalue weighted by Crippen LogP contribution is 2.22. The van der Waals surface area contributed by atoms with Crippen molar-refractivity contribution in [1.82, 2.24) is 19.8 Å². The monoisotopic (exact) mass is 402 g/mol. The average molecular weight is 403 g/mol. The number of sulfonamides is 1. The third kappa shape index (κ3) is 5.26. The molecule has 0 radical (unpaired) electrons. The predicted octanol–water partition coefficient (Wildman–Crippen LogP) is 1.07. The van der Waals surface area contributed by atoms with E-state index in [1.165, 1.54) is 15.6 Å². The van der Waals surface area contributed by atoms with Crippen molar-refractivity contribution in [2.75, 3.05) is 26.2 Å². The van der Waals surface area contributed by atoms with Crippen LogP contribution in [0, 0.1) is 0 Å². The molecular weight excluding hydrogens is 376 g/mol. The Morgan fingerprint density at radius 3 is 2.31 bits per heavy atom. The van der Waals surface area contributed by atoms with Gasteiger partial charge in [0.1, 0.15) is 4.21 Å². The fraction of sp³-hybridized carbons (Fsp3) is 0.625. The quantitative estimate of drug-likeness (QED) is 0.785. The molecule has 26 heavy (non-hydrogen) atoms. The Morgan fingerprint density at radius 2 is 1.81 bits per heavy atom. The Bertz CT molecular complexity index is 733. The number of carbonyl (C=O) groups excluding carboxylic acids is 2. The predicted molar refractivity (Wildman–Crippen MR) is 101 cm³/mol. The van der Waals surface area contributed by atoms with Gasteiger partial charge in [-0.15, -0.1) is 11.3 Å². The molecule has 0 spiro atoms. The molecule has 1 atom stereocenters. The van der Waals surface area contributed by atoms with Crippen LogP contribution >= 0.6 is 11.3 Å². The number of hydrogen-bond donors (Lipinski definition) is 2. The topological polar surface area (TPSA) is 98.8 Å². The minimum Gasteiger partial charge on any atom is -0.333 e. The first kappa shape index (κ1) is 20.8. The Labute approximate surface area is 158 Å². The van der Waals surface area contributed by atoms with Gasteiger partial charge in [-0.3, -0.25) is 15.0 Å². The minimum absolute atomic E-state index is 0.312. The van der Waals surface area contributed by atoms with E-state index in [-0.39, 0.29) is 0 Å². The number of imide groups is 1. The van der Waals surface area contributed by atoms with Crippen LogP contribution in [0.2, 0.25) is 0 Å². The first-order valence-electron chi connectivity index (χ1n) is 8.41. The van der Waals surface area contributed by atoms with Gasteiger partial charge in [0.25, 0.3) is 10.0 Å². The lowest BCUT2D eigenvalue weighted by molar-refractivity contribution is -0.125.